The van der Waals surface area contributed by atoms with E-state index in [-0.39, 0.29) is 0 Å². The lowest BCUT2D eigenvalue weighted by Gasteiger charge is -2.42. The Bertz CT molecular complexity index is 555. The van der Waals surface area contributed by atoms with Crippen LogP contribution in [0.5, 0.6) is 0 Å². The lowest BCUT2D eigenvalue weighted by Crippen LogP contribution is -2.48. The van der Waals surface area contributed by atoms with Gasteiger partial charge in [-0.25, -0.2) is 0 Å². The molecule has 0 aromatic rings. The summed E-state index contributed by atoms with van der Waals surface area (Å²) < 4.78 is 6.07. The third kappa shape index (κ3) is 0.800. The van der Waals surface area contributed by atoms with Gasteiger partial charge < -0.3 is 4.74 Å². The molecule has 2 heterocycles. The largest absolute Gasteiger partial charge is 0.461 e. The molecule has 2 aliphatic heterocycles. The van der Waals surface area contributed by atoms with Gasteiger partial charge in [-0.05, 0) is 23.3 Å². The molecule has 2 heteroatoms. The number of rotatable bonds is 1. The highest BCUT2D eigenvalue weighted by molar-refractivity contribution is 6.95. The first-order valence-electron chi connectivity index (χ1n) is 5.90. The molecule has 0 bridgehead atoms. The highest BCUT2D eigenvalue weighted by atomic mass is 28.3. The van der Waals surface area contributed by atoms with Crippen LogP contribution in [0.25, 0.3) is 0 Å². The lowest BCUT2D eigenvalue weighted by molar-refractivity contribution is 0.322. The fourth-order valence-electron chi connectivity index (χ4n) is 3.36. The molecule has 1 fully saturated rings. The van der Waals surface area contributed by atoms with Crippen LogP contribution in [-0.2, 0) is 4.74 Å². The van der Waals surface area contributed by atoms with Crippen LogP contribution < -0.4 is 0 Å². The number of hydrogen-bond donors (Lipinski definition) is 0. The van der Waals surface area contributed by atoms with E-state index in [0.717, 1.165) is 6.42 Å². The maximum Gasteiger partial charge on any atom is 0.127 e. The zero-order valence-electron chi connectivity index (χ0n) is 9.58. The van der Waals surface area contributed by atoms with E-state index in [0.29, 0.717) is 5.92 Å². The smallest absolute Gasteiger partial charge is 0.127 e. The molecule has 1 unspecified atom stereocenters. The Morgan fingerprint density at radius 1 is 1.25 bits per heavy atom. The average molecular weight is 226 g/mol. The highest BCUT2D eigenvalue weighted by Gasteiger charge is 2.58. The first kappa shape index (κ1) is 8.82. The molecule has 2 aliphatic carbocycles. The van der Waals surface area contributed by atoms with Gasteiger partial charge in [0, 0.05) is 0 Å². The number of ether oxygens (including phenoxy) is 1. The van der Waals surface area contributed by atoms with Gasteiger partial charge in [0.2, 0.25) is 0 Å². The third-order valence-corrected chi connectivity index (χ3v) is 7.99. The summed E-state index contributed by atoms with van der Waals surface area (Å²) >= 11 is 0. The second-order valence-electron chi connectivity index (χ2n) is 5.42. The van der Waals surface area contributed by atoms with Gasteiger partial charge in [0.1, 0.15) is 19.6 Å². The van der Waals surface area contributed by atoms with Crippen molar-refractivity contribution in [3.05, 3.63) is 57.9 Å². The minimum absolute atomic E-state index is 0.554. The Morgan fingerprint density at radius 2 is 2.12 bits per heavy atom. The van der Waals surface area contributed by atoms with Crippen molar-refractivity contribution in [3.8, 4) is 0 Å². The normalized spacial score (nSPS) is 31.9. The van der Waals surface area contributed by atoms with E-state index in [1.54, 1.807) is 10.4 Å². The summed E-state index contributed by atoms with van der Waals surface area (Å²) in [4.78, 5) is 0. The molecular formula is C14H14OSi. The van der Waals surface area contributed by atoms with Crippen molar-refractivity contribution in [2.45, 2.75) is 19.5 Å². The first-order valence-corrected chi connectivity index (χ1v) is 8.90. The number of allylic oxidation sites excluding steroid dienone is 7. The Balaban J connectivity index is 1.87. The van der Waals surface area contributed by atoms with Crippen LogP contribution in [0.1, 0.15) is 6.42 Å². The summed E-state index contributed by atoms with van der Waals surface area (Å²) in [6.07, 6.45) is 12.1. The van der Waals surface area contributed by atoms with Crippen LogP contribution in [0.3, 0.4) is 0 Å². The summed E-state index contributed by atoms with van der Waals surface area (Å²) in [5.41, 5.74) is 1.38. The first-order chi connectivity index (χ1) is 7.69. The SMILES string of the molecule is C[Si]1(C)C2=CC=C3OC(C4=CC=CC4)=C1C32. The number of hydrogen-bond acceptors (Lipinski definition) is 1. The van der Waals surface area contributed by atoms with Gasteiger partial charge >= 0.3 is 0 Å². The molecular weight excluding hydrogens is 212 g/mol. The zero-order valence-corrected chi connectivity index (χ0v) is 10.6. The maximum atomic E-state index is 6.07. The van der Waals surface area contributed by atoms with Crippen LogP contribution >= 0.6 is 0 Å². The Kier molecular flexibility index (Phi) is 1.38. The average Bonchev–Trinajstić information content (AvgIpc) is 2.89. The molecule has 80 valence electrons. The van der Waals surface area contributed by atoms with Crippen LogP contribution in [0.2, 0.25) is 13.1 Å². The fraction of sp³-hybridized carbons (Fsp3) is 0.286. The molecule has 0 N–H and O–H groups in total. The van der Waals surface area contributed by atoms with Gasteiger partial charge in [-0.1, -0.05) is 42.6 Å². The molecule has 16 heavy (non-hydrogen) atoms. The summed E-state index contributed by atoms with van der Waals surface area (Å²) in [5.74, 6) is 2.95. The van der Waals surface area contributed by atoms with Crippen molar-refractivity contribution >= 4 is 8.07 Å². The van der Waals surface area contributed by atoms with Gasteiger partial charge in [0.25, 0.3) is 0 Å². The molecule has 1 atom stereocenters. The Hall–Kier alpha value is -1.28. The van der Waals surface area contributed by atoms with Crippen molar-refractivity contribution in [2.75, 3.05) is 0 Å². The minimum atomic E-state index is -1.30. The minimum Gasteiger partial charge on any atom is -0.461 e. The summed E-state index contributed by atoms with van der Waals surface area (Å²) in [7, 11) is -1.30. The van der Waals surface area contributed by atoms with Crippen LogP contribution in [0.4, 0.5) is 0 Å². The van der Waals surface area contributed by atoms with Crippen molar-refractivity contribution in [1.29, 1.82) is 0 Å². The molecule has 0 aromatic heterocycles. The van der Waals surface area contributed by atoms with Crippen molar-refractivity contribution < 1.29 is 4.74 Å². The van der Waals surface area contributed by atoms with E-state index in [4.69, 9.17) is 4.74 Å². The third-order valence-electron chi connectivity index (χ3n) is 4.23. The standard InChI is InChI=1S/C14H14OSi/c1-16(2)11-8-7-10-12(11)14(16)13(15-10)9-5-3-4-6-9/h3-5,7-8,12H,6H2,1-2H3. The molecule has 1 saturated heterocycles. The Morgan fingerprint density at radius 3 is 2.88 bits per heavy atom. The van der Waals surface area contributed by atoms with Gasteiger partial charge in [-0.2, -0.15) is 0 Å². The van der Waals surface area contributed by atoms with Gasteiger partial charge in [0.05, 0.1) is 5.92 Å². The van der Waals surface area contributed by atoms with E-state index in [9.17, 15) is 0 Å². The molecule has 0 amide bonds. The van der Waals surface area contributed by atoms with Crippen LogP contribution in [0.15, 0.2) is 57.9 Å². The Labute approximate surface area is 96.5 Å². The van der Waals surface area contributed by atoms with Crippen LogP contribution in [0, 0.1) is 5.92 Å². The quantitative estimate of drug-likeness (QED) is 0.623. The predicted molar refractivity (Wildman–Crippen MR) is 67.1 cm³/mol. The topological polar surface area (TPSA) is 9.23 Å². The summed E-state index contributed by atoms with van der Waals surface area (Å²) in [6.45, 7) is 4.89. The van der Waals surface area contributed by atoms with Gasteiger partial charge in [-0.3, -0.25) is 0 Å². The van der Waals surface area contributed by atoms with E-state index < -0.39 is 8.07 Å². The van der Waals surface area contributed by atoms with Crippen molar-refractivity contribution in [1.82, 2.24) is 0 Å². The molecule has 0 radical (unpaired) electrons. The molecule has 4 rings (SSSR count). The highest BCUT2D eigenvalue weighted by Crippen LogP contribution is 2.60. The molecule has 0 saturated carbocycles. The van der Waals surface area contributed by atoms with E-state index in [2.05, 4.69) is 43.5 Å². The molecule has 0 aromatic carbocycles. The second kappa shape index (κ2) is 2.51. The summed E-state index contributed by atoms with van der Waals surface area (Å²) in [5, 5.41) is 3.30. The second-order valence-corrected chi connectivity index (χ2v) is 9.78. The molecule has 1 nitrogen and oxygen atoms in total. The monoisotopic (exact) mass is 226 g/mol. The molecule has 0 spiro atoms. The van der Waals surface area contributed by atoms with Crippen molar-refractivity contribution in [2.24, 2.45) is 5.92 Å². The lowest BCUT2D eigenvalue weighted by atomic mass is 10.1. The van der Waals surface area contributed by atoms with Crippen LogP contribution in [-0.4, -0.2) is 8.07 Å². The van der Waals surface area contributed by atoms with Gasteiger partial charge in [0.15, 0.2) is 0 Å². The maximum absolute atomic E-state index is 6.07. The zero-order chi connectivity index (χ0) is 10.9. The van der Waals surface area contributed by atoms with E-state index in [1.165, 1.54) is 17.1 Å². The van der Waals surface area contributed by atoms with Crippen molar-refractivity contribution in [3.63, 3.8) is 0 Å². The summed E-state index contributed by atoms with van der Waals surface area (Å²) in [6, 6.07) is 0. The van der Waals surface area contributed by atoms with Gasteiger partial charge in [-0.15, -0.1) is 0 Å². The molecule has 4 aliphatic rings. The predicted octanol–water partition coefficient (Wildman–Crippen LogP) is 3.40. The van der Waals surface area contributed by atoms with E-state index >= 15 is 0 Å². The van der Waals surface area contributed by atoms with E-state index in [1.807, 2.05) is 0 Å². The fourth-order valence-corrected chi connectivity index (χ4v) is 6.75.